The molecule has 44 valence electrons. The van der Waals surface area contributed by atoms with Gasteiger partial charge in [-0.3, -0.25) is 0 Å². The van der Waals surface area contributed by atoms with Gasteiger partial charge < -0.3 is 5.73 Å². The van der Waals surface area contributed by atoms with Crippen LogP contribution >= 0.6 is 22.9 Å². The van der Waals surface area contributed by atoms with Crippen molar-refractivity contribution in [3.05, 3.63) is 0 Å². The molecule has 0 unspecified atom stereocenters. The minimum atomic E-state index is 0.761. The van der Waals surface area contributed by atoms with Crippen molar-refractivity contribution in [2.24, 2.45) is 5.73 Å². The van der Waals surface area contributed by atoms with E-state index in [-0.39, 0.29) is 0 Å². The fourth-order valence-electron chi connectivity index (χ4n) is 0.298. The average molecular weight is 214 g/mol. The van der Waals surface area contributed by atoms with Gasteiger partial charge >= 0.3 is 0 Å². The van der Waals surface area contributed by atoms with Crippen LogP contribution in [0.4, 0.5) is 0 Å². The van der Waals surface area contributed by atoms with Crippen molar-refractivity contribution in [1.82, 2.24) is 3.11 Å². The third kappa shape index (κ3) is 4.50. The van der Waals surface area contributed by atoms with Crippen LogP contribution in [-0.2, 0) is 0 Å². The molecule has 0 atom stereocenters. The molecule has 0 heterocycles. The van der Waals surface area contributed by atoms with Gasteiger partial charge in [0.05, 0.1) is 0 Å². The van der Waals surface area contributed by atoms with Crippen LogP contribution in [0.25, 0.3) is 0 Å². The molecule has 0 aromatic heterocycles. The highest BCUT2D eigenvalue weighted by molar-refractivity contribution is 14.1. The normalized spacial score (nSPS) is 10.3. The van der Waals surface area contributed by atoms with Gasteiger partial charge in [0.15, 0.2) is 0 Å². The molecule has 0 aliphatic heterocycles. The summed E-state index contributed by atoms with van der Waals surface area (Å²) in [5.74, 6) is 0. The number of nitrogens with two attached hydrogens (primary N) is 1. The Hall–Kier alpha value is 0.650. The molecule has 0 saturated heterocycles. The number of hydrogen-bond donors (Lipinski definition) is 1. The van der Waals surface area contributed by atoms with Crippen molar-refractivity contribution < 1.29 is 0 Å². The number of halogens is 1. The van der Waals surface area contributed by atoms with Crippen LogP contribution in [0.1, 0.15) is 6.92 Å². The van der Waals surface area contributed by atoms with Gasteiger partial charge in [0.1, 0.15) is 0 Å². The fraction of sp³-hybridized carbons (Fsp3) is 1.00. The Labute approximate surface area is 58.6 Å². The highest BCUT2D eigenvalue weighted by Crippen LogP contribution is 1.93. The van der Waals surface area contributed by atoms with Gasteiger partial charge in [-0.25, -0.2) is 3.11 Å². The quantitative estimate of drug-likeness (QED) is 0.551. The summed E-state index contributed by atoms with van der Waals surface area (Å²) in [6, 6.07) is 0. The van der Waals surface area contributed by atoms with E-state index in [9.17, 15) is 0 Å². The first-order valence-electron chi connectivity index (χ1n) is 2.42. The molecular weight excluding hydrogens is 203 g/mol. The molecule has 0 spiro atoms. The molecule has 0 radical (unpaired) electrons. The molecule has 0 fully saturated rings. The first kappa shape index (κ1) is 7.65. The second-order valence-corrected chi connectivity index (χ2v) is 2.66. The largest absolute Gasteiger partial charge is 0.329 e. The topological polar surface area (TPSA) is 29.3 Å². The van der Waals surface area contributed by atoms with Crippen LogP contribution in [0.3, 0.4) is 0 Å². The van der Waals surface area contributed by atoms with Crippen LogP contribution < -0.4 is 5.73 Å². The predicted octanol–water partition coefficient (Wildman–Crippen LogP) is 0.617. The molecular formula is C4H11IN2. The van der Waals surface area contributed by atoms with Gasteiger partial charge in [-0.05, 0) is 0 Å². The lowest BCUT2D eigenvalue weighted by Gasteiger charge is -2.07. The Kier molecular flexibility index (Phi) is 5.25. The Balaban J connectivity index is 2.83. The smallest absolute Gasteiger partial charge is 0.0204 e. The van der Waals surface area contributed by atoms with Gasteiger partial charge in [0.2, 0.25) is 0 Å². The van der Waals surface area contributed by atoms with Crippen molar-refractivity contribution >= 4 is 22.9 Å². The van der Waals surface area contributed by atoms with Crippen LogP contribution in [0.15, 0.2) is 0 Å². The molecule has 0 aliphatic rings. The van der Waals surface area contributed by atoms with Crippen LogP contribution in [0.2, 0.25) is 0 Å². The lowest BCUT2D eigenvalue weighted by atomic mass is 10.6. The maximum atomic E-state index is 5.26. The maximum absolute atomic E-state index is 5.26. The lowest BCUT2D eigenvalue weighted by molar-refractivity contribution is 0.547. The summed E-state index contributed by atoms with van der Waals surface area (Å²) in [5, 5.41) is 0. The summed E-state index contributed by atoms with van der Waals surface area (Å²) in [4.78, 5) is 0. The Morgan fingerprint density at radius 1 is 1.71 bits per heavy atom. The van der Waals surface area contributed by atoms with E-state index in [4.69, 9.17) is 5.73 Å². The second kappa shape index (κ2) is 4.80. The summed E-state index contributed by atoms with van der Waals surface area (Å²) >= 11 is 2.26. The number of likely N-dealkylation sites (N-methyl/N-ethyl adjacent to an activating group) is 1. The summed E-state index contributed by atoms with van der Waals surface area (Å²) < 4.78 is 2.15. The molecule has 7 heavy (non-hydrogen) atoms. The van der Waals surface area contributed by atoms with Crippen molar-refractivity contribution in [3.63, 3.8) is 0 Å². The van der Waals surface area contributed by atoms with E-state index in [1.807, 2.05) is 0 Å². The van der Waals surface area contributed by atoms with E-state index >= 15 is 0 Å². The highest BCUT2D eigenvalue weighted by Gasteiger charge is 1.89. The third-order valence-corrected chi connectivity index (χ3v) is 1.88. The van der Waals surface area contributed by atoms with E-state index in [1.54, 1.807) is 0 Å². The standard InChI is InChI=1S/C4H11IN2/c1-2-7(5)4-3-6/h2-4,6H2,1H3. The predicted molar refractivity (Wildman–Crippen MR) is 40.3 cm³/mol. The Bertz CT molecular complexity index is 40.7. The van der Waals surface area contributed by atoms with Gasteiger partial charge in [-0.1, -0.05) is 6.92 Å². The van der Waals surface area contributed by atoms with Gasteiger partial charge in [-0.15, -0.1) is 0 Å². The maximum Gasteiger partial charge on any atom is 0.0204 e. The van der Waals surface area contributed by atoms with Crippen molar-refractivity contribution in [2.45, 2.75) is 6.92 Å². The molecule has 2 N–H and O–H groups in total. The van der Waals surface area contributed by atoms with E-state index in [0.717, 1.165) is 19.6 Å². The Morgan fingerprint density at radius 3 is 2.43 bits per heavy atom. The number of nitrogens with zero attached hydrogens (tertiary/aromatic N) is 1. The van der Waals surface area contributed by atoms with E-state index in [1.165, 1.54) is 0 Å². The van der Waals surface area contributed by atoms with Crippen molar-refractivity contribution in [1.29, 1.82) is 0 Å². The Morgan fingerprint density at radius 2 is 2.29 bits per heavy atom. The number of hydrogen-bond acceptors (Lipinski definition) is 2. The lowest BCUT2D eigenvalue weighted by Crippen LogP contribution is -2.19. The SMILES string of the molecule is CCN(I)CCN. The summed E-state index contributed by atoms with van der Waals surface area (Å²) in [6.07, 6.45) is 0. The van der Waals surface area contributed by atoms with Crippen LogP contribution in [0.5, 0.6) is 0 Å². The van der Waals surface area contributed by atoms with E-state index < -0.39 is 0 Å². The van der Waals surface area contributed by atoms with Crippen LogP contribution in [0, 0.1) is 0 Å². The number of rotatable bonds is 3. The molecule has 0 aromatic rings. The van der Waals surface area contributed by atoms with Crippen molar-refractivity contribution in [2.75, 3.05) is 19.6 Å². The summed E-state index contributed by atoms with van der Waals surface area (Å²) in [7, 11) is 0. The zero-order chi connectivity index (χ0) is 5.70. The average Bonchev–Trinajstić information content (AvgIpc) is 1.68. The van der Waals surface area contributed by atoms with Gasteiger partial charge in [-0.2, -0.15) is 0 Å². The van der Waals surface area contributed by atoms with Crippen molar-refractivity contribution in [3.8, 4) is 0 Å². The molecule has 0 bridgehead atoms. The minimum Gasteiger partial charge on any atom is -0.329 e. The molecule has 0 aliphatic carbocycles. The minimum absolute atomic E-state index is 0.761. The monoisotopic (exact) mass is 214 g/mol. The summed E-state index contributed by atoms with van der Waals surface area (Å²) in [6.45, 7) is 4.95. The molecule has 3 heteroatoms. The molecule has 0 amide bonds. The zero-order valence-corrected chi connectivity index (χ0v) is 6.68. The fourth-order valence-corrected chi connectivity index (χ4v) is 0.577. The summed E-state index contributed by atoms with van der Waals surface area (Å²) in [5.41, 5.74) is 5.26. The molecule has 0 saturated carbocycles. The first-order valence-corrected chi connectivity index (χ1v) is 3.38. The van der Waals surface area contributed by atoms with E-state index in [2.05, 4.69) is 32.9 Å². The van der Waals surface area contributed by atoms with Gasteiger partial charge in [0.25, 0.3) is 0 Å². The molecule has 2 nitrogen and oxygen atoms in total. The third-order valence-electron chi connectivity index (χ3n) is 0.715. The highest BCUT2D eigenvalue weighted by atomic mass is 127. The zero-order valence-electron chi connectivity index (χ0n) is 4.52. The van der Waals surface area contributed by atoms with Crippen LogP contribution in [-0.4, -0.2) is 22.7 Å². The second-order valence-electron chi connectivity index (χ2n) is 1.29. The first-order chi connectivity index (χ1) is 3.31. The molecule has 0 aromatic carbocycles. The molecule has 0 rings (SSSR count). The van der Waals surface area contributed by atoms with Gasteiger partial charge in [0, 0.05) is 42.5 Å². The van der Waals surface area contributed by atoms with E-state index in [0.29, 0.717) is 0 Å².